The molecule has 0 radical (unpaired) electrons. The van der Waals surface area contributed by atoms with E-state index in [2.05, 4.69) is 5.32 Å². The highest BCUT2D eigenvalue weighted by Crippen LogP contribution is 2.20. The highest BCUT2D eigenvalue weighted by molar-refractivity contribution is 7.89. The van der Waals surface area contributed by atoms with Gasteiger partial charge in [-0.25, -0.2) is 8.42 Å². The molecule has 0 atom stereocenters. The fraction of sp³-hybridized carbons (Fsp3) is 0.562. The number of ether oxygens (including phenoxy) is 1. The molecular formula is C16H26ClN3O4S. The molecule has 0 spiro atoms. The molecule has 0 unspecified atom stereocenters. The number of hydrogen-bond donors (Lipinski definition) is 1. The van der Waals surface area contributed by atoms with E-state index < -0.39 is 10.0 Å². The second-order valence-corrected chi connectivity index (χ2v) is 7.61. The van der Waals surface area contributed by atoms with E-state index in [0.717, 1.165) is 13.0 Å². The normalized spacial score (nSPS) is 15.5. The maximum Gasteiger partial charge on any atom is 0.243 e. The van der Waals surface area contributed by atoms with Crippen molar-refractivity contribution in [2.75, 3.05) is 46.9 Å². The molecule has 2 rings (SSSR count). The molecule has 1 aliphatic rings. The van der Waals surface area contributed by atoms with Gasteiger partial charge in [0.25, 0.3) is 0 Å². The predicted octanol–water partition coefficient (Wildman–Crippen LogP) is 0.950. The first kappa shape index (κ1) is 21.7. The van der Waals surface area contributed by atoms with E-state index in [1.165, 1.54) is 11.4 Å². The number of methoxy groups -OCH3 is 1. The fourth-order valence-electron chi connectivity index (χ4n) is 2.65. The van der Waals surface area contributed by atoms with Crippen LogP contribution in [-0.4, -0.2) is 70.4 Å². The molecule has 0 bridgehead atoms. The summed E-state index contributed by atoms with van der Waals surface area (Å²) >= 11 is 0. The van der Waals surface area contributed by atoms with Crippen molar-refractivity contribution in [3.63, 3.8) is 0 Å². The first-order chi connectivity index (χ1) is 11.5. The second kappa shape index (κ2) is 9.96. The van der Waals surface area contributed by atoms with E-state index in [1.807, 2.05) is 7.05 Å². The van der Waals surface area contributed by atoms with Gasteiger partial charge < -0.3 is 15.0 Å². The molecule has 1 aromatic carbocycles. The van der Waals surface area contributed by atoms with Crippen LogP contribution in [0, 0.1) is 0 Å². The monoisotopic (exact) mass is 391 g/mol. The smallest absolute Gasteiger partial charge is 0.243 e. The summed E-state index contributed by atoms with van der Waals surface area (Å²) in [6, 6.07) is 6.36. The minimum Gasteiger partial charge on any atom is -0.497 e. The standard InChI is InChI=1S/C16H25N3O4S.ClH/c1-17-9-3-4-16(20)18-10-12-19(13-11-18)24(21,22)15-7-5-14(23-2)6-8-15;/h5-8,17H,3-4,9-13H2,1-2H3;1H. The second-order valence-electron chi connectivity index (χ2n) is 5.67. The maximum absolute atomic E-state index is 12.6. The molecule has 0 aliphatic carbocycles. The minimum atomic E-state index is -3.53. The van der Waals surface area contributed by atoms with Crippen LogP contribution in [0.3, 0.4) is 0 Å². The molecule has 1 aliphatic heterocycles. The van der Waals surface area contributed by atoms with Crippen molar-refractivity contribution in [1.82, 2.24) is 14.5 Å². The van der Waals surface area contributed by atoms with E-state index in [1.54, 1.807) is 29.2 Å². The van der Waals surface area contributed by atoms with Crippen LogP contribution in [0.15, 0.2) is 29.2 Å². The zero-order valence-electron chi connectivity index (χ0n) is 14.6. The number of piperazine rings is 1. The van der Waals surface area contributed by atoms with Gasteiger partial charge in [0.15, 0.2) is 0 Å². The number of hydrogen-bond acceptors (Lipinski definition) is 5. The fourth-order valence-corrected chi connectivity index (χ4v) is 4.07. The van der Waals surface area contributed by atoms with Gasteiger partial charge in [0.05, 0.1) is 12.0 Å². The predicted molar refractivity (Wildman–Crippen MR) is 98.7 cm³/mol. The topological polar surface area (TPSA) is 79.0 Å². The van der Waals surface area contributed by atoms with E-state index in [-0.39, 0.29) is 23.2 Å². The van der Waals surface area contributed by atoms with Crippen LogP contribution in [0.25, 0.3) is 0 Å². The number of sulfonamides is 1. The number of rotatable bonds is 7. The molecular weight excluding hydrogens is 366 g/mol. The van der Waals surface area contributed by atoms with Gasteiger partial charge in [-0.15, -0.1) is 12.4 Å². The van der Waals surface area contributed by atoms with Crippen LogP contribution in [0.4, 0.5) is 0 Å². The zero-order chi connectivity index (χ0) is 17.6. The van der Waals surface area contributed by atoms with Crippen LogP contribution >= 0.6 is 12.4 Å². The van der Waals surface area contributed by atoms with Gasteiger partial charge in [0.1, 0.15) is 5.75 Å². The third-order valence-corrected chi connectivity index (χ3v) is 6.02. The molecule has 0 aromatic heterocycles. The molecule has 9 heteroatoms. The Morgan fingerprint density at radius 3 is 2.28 bits per heavy atom. The van der Waals surface area contributed by atoms with Gasteiger partial charge >= 0.3 is 0 Å². The minimum absolute atomic E-state index is 0. The molecule has 1 N–H and O–H groups in total. The first-order valence-electron chi connectivity index (χ1n) is 8.05. The quantitative estimate of drug-likeness (QED) is 0.700. The molecule has 1 heterocycles. The largest absolute Gasteiger partial charge is 0.497 e. The summed E-state index contributed by atoms with van der Waals surface area (Å²) in [6.45, 7) is 2.33. The third-order valence-electron chi connectivity index (χ3n) is 4.11. The summed E-state index contributed by atoms with van der Waals surface area (Å²) in [7, 11) is -0.135. The van der Waals surface area contributed by atoms with Gasteiger partial charge in [-0.05, 0) is 44.3 Å². The molecule has 1 aromatic rings. The number of carbonyl (C=O) groups is 1. The Kier molecular flexibility index (Phi) is 8.64. The number of carbonyl (C=O) groups excluding carboxylic acids is 1. The highest BCUT2D eigenvalue weighted by atomic mass is 35.5. The Hall–Kier alpha value is -1.35. The van der Waals surface area contributed by atoms with Gasteiger partial charge in [-0.3, -0.25) is 4.79 Å². The van der Waals surface area contributed by atoms with Crippen molar-refractivity contribution in [2.24, 2.45) is 0 Å². The van der Waals surface area contributed by atoms with Gasteiger partial charge in [-0.1, -0.05) is 0 Å². The first-order valence-corrected chi connectivity index (χ1v) is 9.49. The van der Waals surface area contributed by atoms with Crippen molar-refractivity contribution < 1.29 is 17.9 Å². The van der Waals surface area contributed by atoms with Gasteiger partial charge in [0.2, 0.25) is 15.9 Å². The Labute approximate surface area is 155 Å². The Bertz CT molecular complexity index is 644. The number of halogens is 1. The molecule has 25 heavy (non-hydrogen) atoms. The van der Waals surface area contributed by atoms with E-state index in [4.69, 9.17) is 4.74 Å². The van der Waals surface area contributed by atoms with Gasteiger partial charge in [-0.2, -0.15) is 4.31 Å². The summed E-state index contributed by atoms with van der Waals surface area (Å²) in [6.07, 6.45) is 1.28. The van der Waals surface area contributed by atoms with E-state index in [0.29, 0.717) is 38.3 Å². The van der Waals surface area contributed by atoms with Crippen LogP contribution in [0.2, 0.25) is 0 Å². The molecule has 1 amide bonds. The lowest BCUT2D eigenvalue weighted by Crippen LogP contribution is -2.50. The number of nitrogens with zero attached hydrogens (tertiary/aromatic N) is 2. The lowest BCUT2D eigenvalue weighted by atomic mass is 10.2. The van der Waals surface area contributed by atoms with Crippen LogP contribution in [0.5, 0.6) is 5.75 Å². The summed E-state index contributed by atoms with van der Waals surface area (Å²) in [4.78, 5) is 14.1. The lowest BCUT2D eigenvalue weighted by molar-refractivity contribution is -0.132. The molecule has 1 fully saturated rings. The zero-order valence-corrected chi connectivity index (χ0v) is 16.2. The number of amides is 1. The van der Waals surface area contributed by atoms with E-state index in [9.17, 15) is 13.2 Å². The van der Waals surface area contributed by atoms with Crippen molar-refractivity contribution in [3.05, 3.63) is 24.3 Å². The average molecular weight is 392 g/mol. The summed E-state index contributed by atoms with van der Waals surface area (Å²) in [5.41, 5.74) is 0. The molecule has 0 saturated carbocycles. The van der Waals surface area contributed by atoms with Crippen LogP contribution < -0.4 is 10.1 Å². The lowest BCUT2D eigenvalue weighted by Gasteiger charge is -2.34. The van der Waals surface area contributed by atoms with Crippen molar-refractivity contribution in [3.8, 4) is 5.75 Å². The highest BCUT2D eigenvalue weighted by Gasteiger charge is 2.29. The Balaban J connectivity index is 0.00000312. The van der Waals surface area contributed by atoms with Crippen LogP contribution in [0.1, 0.15) is 12.8 Å². The van der Waals surface area contributed by atoms with Crippen molar-refractivity contribution in [2.45, 2.75) is 17.7 Å². The number of nitrogens with one attached hydrogen (secondary N) is 1. The SMILES string of the molecule is CNCCCC(=O)N1CCN(S(=O)(=O)c2ccc(OC)cc2)CC1.Cl. The summed E-state index contributed by atoms with van der Waals surface area (Å²) < 4.78 is 31.8. The summed E-state index contributed by atoms with van der Waals surface area (Å²) in [5.74, 6) is 0.706. The van der Waals surface area contributed by atoms with Gasteiger partial charge in [0, 0.05) is 32.6 Å². The summed E-state index contributed by atoms with van der Waals surface area (Å²) in [5, 5.41) is 3.01. The molecule has 142 valence electrons. The Morgan fingerprint density at radius 1 is 1.16 bits per heavy atom. The van der Waals surface area contributed by atoms with Crippen molar-refractivity contribution >= 4 is 28.3 Å². The third kappa shape index (κ3) is 5.57. The Morgan fingerprint density at radius 2 is 1.76 bits per heavy atom. The van der Waals surface area contributed by atoms with Crippen LogP contribution in [-0.2, 0) is 14.8 Å². The molecule has 7 nitrogen and oxygen atoms in total. The molecule has 1 saturated heterocycles. The van der Waals surface area contributed by atoms with Crippen molar-refractivity contribution in [1.29, 1.82) is 0 Å². The van der Waals surface area contributed by atoms with E-state index >= 15 is 0 Å². The maximum atomic E-state index is 12.6. The number of benzene rings is 1. The average Bonchev–Trinajstić information content (AvgIpc) is 2.62.